The highest BCUT2D eigenvalue weighted by atomic mass is 16.5. The van der Waals surface area contributed by atoms with Gasteiger partial charge in [0.05, 0.1) is 17.8 Å². The Labute approximate surface area is 107 Å². The number of morpholine rings is 1. The van der Waals surface area contributed by atoms with Crippen LogP contribution >= 0.6 is 0 Å². The average molecular weight is 249 g/mol. The zero-order valence-electron chi connectivity index (χ0n) is 11.1. The van der Waals surface area contributed by atoms with Gasteiger partial charge in [0.25, 0.3) is 5.91 Å². The van der Waals surface area contributed by atoms with Crippen LogP contribution in [0.5, 0.6) is 0 Å². The van der Waals surface area contributed by atoms with Crippen molar-refractivity contribution in [1.82, 2.24) is 9.88 Å². The fourth-order valence-corrected chi connectivity index (χ4v) is 2.14. The molecule has 5 heteroatoms. The topological polar surface area (TPSA) is 54.5 Å². The highest BCUT2D eigenvalue weighted by molar-refractivity contribution is 5.98. The van der Waals surface area contributed by atoms with E-state index in [1.54, 1.807) is 25.4 Å². The first kappa shape index (κ1) is 12.8. The largest absolute Gasteiger partial charge is 0.372 e. The molecule has 2 rings (SSSR count). The smallest absolute Gasteiger partial charge is 0.257 e. The van der Waals surface area contributed by atoms with Gasteiger partial charge in [0.15, 0.2) is 0 Å². The van der Waals surface area contributed by atoms with Gasteiger partial charge >= 0.3 is 0 Å². The highest BCUT2D eigenvalue weighted by Gasteiger charge is 2.31. The maximum Gasteiger partial charge on any atom is 0.257 e. The molecular formula is C13H19N3O2. The van der Waals surface area contributed by atoms with Crippen LogP contribution in [0.2, 0.25) is 0 Å². The van der Waals surface area contributed by atoms with E-state index in [0.717, 1.165) is 0 Å². The van der Waals surface area contributed by atoms with Gasteiger partial charge in [-0.3, -0.25) is 4.79 Å². The van der Waals surface area contributed by atoms with Crippen molar-refractivity contribution in [3.63, 3.8) is 0 Å². The van der Waals surface area contributed by atoms with Gasteiger partial charge in [0.1, 0.15) is 5.82 Å². The molecule has 0 aliphatic carbocycles. The predicted molar refractivity (Wildman–Crippen MR) is 69.7 cm³/mol. The summed E-state index contributed by atoms with van der Waals surface area (Å²) in [6, 6.07) is 3.57. The predicted octanol–water partition coefficient (Wildman–Crippen LogP) is 1.37. The summed E-state index contributed by atoms with van der Waals surface area (Å²) >= 11 is 0. The molecule has 98 valence electrons. The van der Waals surface area contributed by atoms with E-state index in [2.05, 4.69) is 10.3 Å². The molecule has 1 amide bonds. The molecular weight excluding hydrogens is 230 g/mol. The number of hydrogen-bond acceptors (Lipinski definition) is 4. The lowest BCUT2D eigenvalue weighted by Gasteiger charge is -2.38. The zero-order chi connectivity index (χ0) is 13.2. The minimum atomic E-state index is -0.282. The molecule has 0 unspecified atom stereocenters. The third-order valence-electron chi connectivity index (χ3n) is 2.99. The number of ether oxygens (including phenoxy) is 1. The summed E-state index contributed by atoms with van der Waals surface area (Å²) in [5.41, 5.74) is 0.327. The van der Waals surface area contributed by atoms with Crippen molar-refractivity contribution in [3.05, 3.63) is 23.9 Å². The first-order chi connectivity index (χ1) is 8.53. The number of nitrogens with zero attached hydrogens (tertiary/aromatic N) is 2. The Balaban J connectivity index is 2.20. The molecule has 2 heterocycles. The minimum Gasteiger partial charge on any atom is -0.372 e. The van der Waals surface area contributed by atoms with Gasteiger partial charge in [-0.1, -0.05) is 0 Å². The molecule has 0 aromatic carbocycles. The SMILES string of the molecule is CNc1ncccc1C(=O)N1CCOC(C)(C)C1. The van der Waals surface area contributed by atoms with E-state index in [9.17, 15) is 4.79 Å². The van der Waals surface area contributed by atoms with Gasteiger partial charge in [-0.25, -0.2) is 4.98 Å². The first-order valence-electron chi connectivity index (χ1n) is 6.09. The van der Waals surface area contributed by atoms with Crippen LogP contribution in [0.3, 0.4) is 0 Å². The number of rotatable bonds is 2. The third-order valence-corrected chi connectivity index (χ3v) is 2.99. The second-order valence-electron chi connectivity index (χ2n) is 4.98. The molecule has 5 nitrogen and oxygen atoms in total. The van der Waals surface area contributed by atoms with Gasteiger partial charge < -0.3 is 15.0 Å². The standard InChI is InChI=1S/C13H19N3O2/c1-13(2)9-16(7-8-18-13)12(17)10-5-4-6-15-11(10)14-3/h4-6H,7-9H2,1-3H3,(H,14,15). The summed E-state index contributed by atoms with van der Waals surface area (Å²) in [5.74, 6) is 0.621. The number of hydrogen-bond donors (Lipinski definition) is 1. The van der Waals surface area contributed by atoms with Crippen molar-refractivity contribution in [2.75, 3.05) is 32.1 Å². The van der Waals surface area contributed by atoms with Crippen LogP contribution in [-0.4, -0.2) is 48.1 Å². The fourth-order valence-electron chi connectivity index (χ4n) is 2.14. The summed E-state index contributed by atoms with van der Waals surface area (Å²) in [5, 5.41) is 2.95. The number of amides is 1. The van der Waals surface area contributed by atoms with Crippen molar-refractivity contribution in [2.24, 2.45) is 0 Å². The highest BCUT2D eigenvalue weighted by Crippen LogP contribution is 2.20. The Morgan fingerprint density at radius 3 is 3.00 bits per heavy atom. The minimum absolute atomic E-state index is 0.00354. The summed E-state index contributed by atoms with van der Waals surface area (Å²) < 4.78 is 5.61. The molecule has 1 aliphatic rings. The summed E-state index contributed by atoms with van der Waals surface area (Å²) in [6.45, 7) is 5.79. The van der Waals surface area contributed by atoms with Crippen LogP contribution in [-0.2, 0) is 4.74 Å². The molecule has 0 spiro atoms. The van der Waals surface area contributed by atoms with E-state index in [1.165, 1.54) is 0 Å². The zero-order valence-corrected chi connectivity index (χ0v) is 11.1. The van der Waals surface area contributed by atoms with Crippen LogP contribution in [0, 0.1) is 0 Å². The van der Waals surface area contributed by atoms with E-state index < -0.39 is 0 Å². The van der Waals surface area contributed by atoms with Gasteiger partial charge in [-0.15, -0.1) is 0 Å². The molecule has 0 radical (unpaired) electrons. The van der Waals surface area contributed by atoms with E-state index in [-0.39, 0.29) is 11.5 Å². The molecule has 0 atom stereocenters. The molecule has 1 saturated heterocycles. The van der Waals surface area contributed by atoms with Crippen LogP contribution < -0.4 is 5.32 Å². The lowest BCUT2D eigenvalue weighted by Crippen LogP contribution is -2.50. The lowest BCUT2D eigenvalue weighted by molar-refractivity contribution is -0.0763. The van der Waals surface area contributed by atoms with Gasteiger partial charge in [-0.05, 0) is 26.0 Å². The molecule has 1 aromatic rings. The molecule has 1 N–H and O–H groups in total. The van der Waals surface area contributed by atoms with Crippen LogP contribution in [0.15, 0.2) is 18.3 Å². The van der Waals surface area contributed by atoms with Crippen LogP contribution in [0.1, 0.15) is 24.2 Å². The van der Waals surface area contributed by atoms with Gasteiger partial charge in [0.2, 0.25) is 0 Å². The van der Waals surface area contributed by atoms with Crippen molar-refractivity contribution in [3.8, 4) is 0 Å². The van der Waals surface area contributed by atoms with Crippen molar-refractivity contribution < 1.29 is 9.53 Å². The number of carbonyl (C=O) groups excluding carboxylic acids is 1. The summed E-state index contributed by atoms with van der Waals surface area (Å²) in [6.07, 6.45) is 1.67. The number of anilines is 1. The van der Waals surface area contributed by atoms with Crippen molar-refractivity contribution in [1.29, 1.82) is 0 Å². The Morgan fingerprint density at radius 1 is 1.56 bits per heavy atom. The maximum absolute atomic E-state index is 12.5. The quantitative estimate of drug-likeness (QED) is 0.860. The normalized spacial score (nSPS) is 18.5. The van der Waals surface area contributed by atoms with Crippen LogP contribution in [0.4, 0.5) is 5.82 Å². The first-order valence-corrected chi connectivity index (χ1v) is 6.09. The Hall–Kier alpha value is -1.62. The second kappa shape index (κ2) is 4.94. The Kier molecular flexibility index (Phi) is 3.52. The van der Waals surface area contributed by atoms with Gasteiger partial charge in [0, 0.05) is 26.3 Å². The monoisotopic (exact) mass is 249 g/mol. The summed E-state index contributed by atoms with van der Waals surface area (Å²) in [4.78, 5) is 18.4. The Bertz CT molecular complexity index is 446. The lowest BCUT2D eigenvalue weighted by atomic mass is 10.1. The second-order valence-corrected chi connectivity index (χ2v) is 4.98. The average Bonchev–Trinajstić information content (AvgIpc) is 2.36. The molecule has 1 fully saturated rings. The molecule has 18 heavy (non-hydrogen) atoms. The third kappa shape index (κ3) is 2.61. The van der Waals surface area contributed by atoms with Crippen molar-refractivity contribution >= 4 is 11.7 Å². The molecule has 1 aliphatic heterocycles. The number of nitrogens with one attached hydrogen (secondary N) is 1. The van der Waals surface area contributed by atoms with E-state index in [4.69, 9.17) is 4.74 Å². The van der Waals surface area contributed by atoms with Crippen molar-refractivity contribution in [2.45, 2.75) is 19.4 Å². The molecule has 0 saturated carbocycles. The maximum atomic E-state index is 12.5. The van der Waals surface area contributed by atoms with E-state index in [1.807, 2.05) is 18.7 Å². The Morgan fingerprint density at radius 2 is 2.33 bits per heavy atom. The number of pyridine rings is 1. The number of aromatic nitrogens is 1. The summed E-state index contributed by atoms with van der Waals surface area (Å²) in [7, 11) is 1.77. The van der Waals surface area contributed by atoms with Gasteiger partial charge in [-0.2, -0.15) is 0 Å². The fraction of sp³-hybridized carbons (Fsp3) is 0.538. The molecule has 0 bridgehead atoms. The van der Waals surface area contributed by atoms with Crippen LogP contribution in [0.25, 0.3) is 0 Å². The van der Waals surface area contributed by atoms with E-state index in [0.29, 0.717) is 31.1 Å². The van der Waals surface area contributed by atoms with E-state index >= 15 is 0 Å². The molecule has 1 aromatic heterocycles. The number of carbonyl (C=O) groups is 1.